The summed E-state index contributed by atoms with van der Waals surface area (Å²) in [6.45, 7) is 1.51. The second-order valence-electron chi connectivity index (χ2n) is 6.17. The van der Waals surface area contributed by atoms with Crippen LogP contribution in [0.15, 0.2) is 48.5 Å². The zero-order valence-electron chi connectivity index (χ0n) is 14.7. The van der Waals surface area contributed by atoms with E-state index < -0.39 is 0 Å². The van der Waals surface area contributed by atoms with Gasteiger partial charge in [0.25, 0.3) is 5.91 Å². The van der Waals surface area contributed by atoms with Gasteiger partial charge in [-0.25, -0.2) is 0 Å². The Morgan fingerprint density at radius 3 is 2.32 bits per heavy atom. The second kappa shape index (κ2) is 7.92. The monoisotopic (exact) mass is 340 g/mol. The number of nitrogens with zero attached hydrogens (tertiary/aromatic N) is 1. The van der Waals surface area contributed by atoms with Crippen LogP contribution in [0.25, 0.3) is 0 Å². The minimum atomic E-state index is 0.0856. The van der Waals surface area contributed by atoms with Gasteiger partial charge in [0.15, 0.2) is 0 Å². The predicted octanol–water partition coefficient (Wildman–Crippen LogP) is 3.42. The van der Waals surface area contributed by atoms with E-state index in [9.17, 15) is 4.79 Å². The van der Waals surface area contributed by atoms with Crippen LogP contribution in [0.3, 0.4) is 0 Å². The summed E-state index contributed by atoms with van der Waals surface area (Å²) in [4.78, 5) is 14.5. The average molecular weight is 340 g/mol. The number of anilines is 1. The molecule has 0 unspecified atom stereocenters. The summed E-state index contributed by atoms with van der Waals surface area (Å²) in [6.07, 6.45) is 1.86. The molecule has 0 atom stereocenters. The maximum absolute atomic E-state index is 12.6. The number of hydrogen-bond acceptors (Lipinski definition) is 4. The highest BCUT2D eigenvalue weighted by Gasteiger charge is 2.23. The molecule has 132 valence electrons. The molecule has 1 aliphatic heterocycles. The summed E-state index contributed by atoms with van der Waals surface area (Å²) >= 11 is 0. The number of amides is 1. The Labute approximate surface area is 148 Å². The number of ether oxygens (including phenoxy) is 2. The van der Waals surface area contributed by atoms with Gasteiger partial charge in [0, 0.05) is 36.4 Å². The largest absolute Gasteiger partial charge is 0.497 e. The van der Waals surface area contributed by atoms with Crippen molar-refractivity contribution in [3.8, 4) is 11.5 Å². The van der Waals surface area contributed by atoms with Crippen LogP contribution in [-0.4, -0.2) is 44.2 Å². The number of carbonyl (C=O) groups excluding carboxylic acids is 1. The molecule has 2 aromatic carbocycles. The molecule has 0 aliphatic carbocycles. The van der Waals surface area contributed by atoms with E-state index in [-0.39, 0.29) is 5.91 Å². The fourth-order valence-electron chi connectivity index (χ4n) is 3.09. The zero-order chi connectivity index (χ0) is 17.6. The standard InChI is InChI=1S/C20H24N2O3/c1-24-18-8-6-15(7-9-18)20(23)22-12-10-16(11-13-22)21-17-4-3-5-19(14-17)25-2/h3-9,14,16,21H,10-13H2,1-2H3. The highest BCUT2D eigenvalue weighted by molar-refractivity contribution is 5.94. The lowest BCUT2D eigenvalue weighted by atomic mass is 10.0. The number of benzene rings is 2. The van der Waals surface area contributed by atoms with Gasteiger partial charge in [-0.05, 0) is 49.2 Å². The molecule has 2 aromatic rings. The number of methoxy groups -OCH3 is 2. The molecule has 25 heavy (non-hydrogen) atoms. The highest BCUT2D eigenvalue weighted by Crippen LogP contribution is 2.22. The van der Waals surface area contributed by atoms with Crippen LogP contribution in [0.1, 0.15) is 23.2 Å². The summed E-state index contributed by atoms with van der Waals surface area (Å²) in [6, 6.07) is 15.6. The lowest BCUT2D eigenvalue weighted by Crippen LogP contribution is -2.42. The van der Waals surface area contributed by atoms with E-state index >= 15 is 0 Å². The van der Waals surface area contributed by atoms with Crippen LogP contribution < -0.4 is 14.8 Å². The van der Waals surface area contributed by atoms with Gasteiger partial charge in [0.1, 0.15) is 11.5 Å². The third-order valence-electron chi connectivity index (χ3n) is 4.56. The van der Waals surface area contributed by atoms with Crippen molar-refractivity contribution in [3.05, 3.63) is 54.1 Å². The first-order chi connectivity index (χ1) is 12.2. The third kappa shape index (κ3) is 4.24. The van der Waals surface area contributed by atoms with E-state index in [1.165, 1.54) is 0 Å². The number of hydrogen-bond donors (Lipinski definition) is 1. The van der Waals surface area contributed by atoms with Crippen molar-refractivity contribution >= 4 is 11.6 Å². The van der Waals surface area contributed by atoms with E-state index in [1.807, 2.05) is 53.4 Å². The van der Waals surface area contributed by atoms with Crippen LogP contribution in [0, 0.1) is 0 Å². The number of rotatable bonds is 5. The normalized spacial score (nSPS) is 14.9. The minimum absolute atomic E-state index is 0.0856. The van der Waals surface area contributed by atoms with Crippen molar-refractivity contribution in [1.29, 1.82) is 0 Å². The molecule has 5 nitrogen and oxygen atoms in total. The SMILES string of the molecule is COc1ccc(C(=O)N2CCC(Nc3cccc(OC)c3)CC2)cc1. The first-order valence-electron chi connectivity index (χ1n) is 8.53. The van der Waals surface area contributed by atoms with E-state index in [1.54, 1.807) is 14.2 Å². The summed E-state index contributed by atoms with van der Waals surface area (Å²) in [5.74, 6) is 1.69. The lowest BCUT2D eigenvalue weighted by molar-refractivity contribution is 0.0718. The fourth-order valence-corrected chi connectivity index (χ4v) is 3.09. The van der Waals surface area contributed by atoms with E-state index in [4.69, 9.17) is 9.47 Å². The number of carbonyl (C=O) groups is 1. The van der Waals surface area contributed by atoms with Gasteiger partial charge in [0.2, 0.25) is 0 Å². The minimum Gasteiger partial charge on any atom is -0.497 e. The second-order valence-corrected chi connectivity index (χ2v) is 6.17. The molecule has 5 heteroatoms. The van der Waals surface area contributed by atoms with Crippen LogP contribution in [0.4, 0.5) is 5.69 Å². The van der Waals surface area contributed by atoms with Gasteiger partial charge >= 0.3 is 0 Å². The maximum Gasteiger partial charge on any atom is 0.253 e. The Bertz CT molecular complexity index is 707. The van der Waals surface area contributed by atoms with Gasteiger partial charge in [-0.1, -0.05) is 6.07 Å². The molecule has 1 amide bonds. The smallest absolute Gasteiger partial charge is 0.253 e. The van der Waals surface area contributed by atoms with Crippen molar-refractivity contribution in [2.45, 2.75) is 18.9 Å². The maximum atomic E-state index is 12.6. The van der Waals surface area contributed by atoms with Crippen molar-refractivity contribution < 1.29 is 14.3 Å². The molecule has 0 aromatic heterocycles. The van der Waals surface area contributed by atoms with Crippen LogP contribution in [-0.2, 0) is 0 Å². The average Bonchev–Trinajstić information content (AvgIpc) is 2.68. The topological polar surface area (TPSA) is 50.8 Å². The molecule has 1 saturated heterocycles. The summed E-state index contributed by atoms with van der Waals surface area (Å²) in [5.41, 5.74) is 1.76. The van der Waals surface area contributed by atoms with Gasteiger partial charge in [0.05, 0.1) is 14.2 Å². The van der Waals surface area contributed by atoms with E-state index in [2.05, 4.69) is 5.32 Å². The molecular formula is C20H24N2O3. The molecule has 0 bridgehead atoms. The van der Waals surface area contributed by atoms with Crippen molar-refractivity contribution in [2.24, 2.45) is 0 Å². The zero-order valence-corrected chi connectivity index (χ0v) is 14.7. The molecule has 0 spiro atoms. The van der Waals surface area contributed by atoms with Gasteiger partial charge < -0.3 is 19.7 Å². The van der Waals surface area contributed by atoms with E-state index in [0.717, 1.165) is 43.1 Å². The van der Waals surface area contributed by atoms with Crippen LogP contribution in [0.2, 0.25) is 0 Å². The quantitative estimate of drug-likeness (QED) is 0.906. The predicted molar refractivity (Wildman–Crippen MR) is 98.5 cm³/mol. The Balaban J connectivity index is 1.54. The number of piperidine rings is 1. The molecule has 0 radical (unpaired) electrons. The molecule has 1 fully saturated rings. The Hall–Kier alpha value is -2.69. The van der Waals surface area contributed by atoms with Gasteiger partial charge in [-0.2, -0.15) is 0 Å². The molecular weight excluding hydrogens is 316 g/mol. The number of likely N-dealkylation sites (tertiary alicyclic amines) is 1. The number of nitrogens with one attached hydrogen (secondary N) is 1. The van der Waals surface area contributed by atoms with Crippen LogP contribution >= 0.6 is 0 Å². The molecule has 3 rings (SSSR count). The third-order valence-corrected chi connectivity index (χ3v) is 4.56. The first-order valence-corrected chi connectivity index (χ1v) is 8.53. The summed E-state index contributed by atoms with van der Waals surface area (Å²) in [7, 11) is 3.29. The Morgan fingerprint density at radius 1 is 1.00 bits per heavy atom. The van der Waals surface area contributed by atoms with Gasteiger partial charge in [-0.3, -0.25) is 4.79 Å². The first kappa shape index (κ1) is 17.1. The fraction of sp³-hybridized carbons (Fsp3) is 0.350. The highest BCUT2D eigenvalue weighted by atomic mass is 16.5. The van der Waals surface area contributed by atoms with Crippen LogP contribution in [0.5, 0.6) is 11.5 Å². The lowest BCUT2D eigenvalue weighted by Gasteiger charge is -2.33. The van der Waals surface area contributed by atoms with Crippen molar-refractivity contribution in [1.82, 2.24) is 4.90 Å². The Kier molecular flexibility index (Phi) is 5.43. The molecule has 1 N–H and O–H groups in total. The molecule has 0 saturated carbocycles. The molecule has 1 aliphatic rings. The van der Waals surface area contributed by atoms with Crippen molar-refractivity contribution in [2.75, 3.05) is 32.6 Å². The van der Waals surface area contributed by atoms with Gasteiger partial charge in [-0.15, -0.1) is 0 Å². The van der Waals surface area contributed by atoms with E-state index in [0.29, 0.717) is 11.6 Å². The Morgan fingerprint density at radius 2 is 1.68 bits per heavy atom. The summed E-state index contributed by atoms with van der Waals surface area (Å²) < 4.78 is 10.4. The summed E-state index contributed by atoms with van der Waals surface area (Å²) in [5, 5.41) is 3.54. The molecule has 1 heterocycles. The van der Waals surface area contributed by atoms with Crippen molar-refractivity contribution in [3.63, 3.8) is 0 Å².